The van der Waals surface area contributed by atoms with Crippen LogP contribution in [-0.2, 0) is 0 Å². The molecule has 3 aromatic rings. The number of rotatable bonds is 4. The van der Waals surface area contributed by atoms with Gasteiger partial charge in [-0.15, -0.1) is 0 Å². The van der Waals surface area contributed by atoms with E-state index in [0.717, 1.165) is 22.4 Å². The second-order valence-electron chi connectivity index (χ2n) is 7.48. The Labute approximate surface area is 163 Å². The number of amides is 1. The third-order valence-corrected chi connectivity index (χ3v) is 4.93. The van der Waals surface area contributed by atoms with Gasteiger partial charge in [0.1, 0.15) is 17.1 Å². The van der Waals surface area contributed by atoms with E-state index in [1.807, 2.05) is 44.2 Å². The molecule has 4 rings (SSSR count). The monoisotopic (exact) mass is 381 g/mol. The van der Waals surface area contributed by atoms with Crippen molar-refractivity contribution in [2.75, 3.05) is 14.2 Å². The number of carbonyl (C=O) groups is 1. The van der Waals surface area contributed by atoms with Gasteiger partial charge in [0.2, 0.25) is 0 Å². The molecule has 28 heavy (non-hydrogen) atoms. The van der Waals surface area contributed by atoms with E-state index in [1.54, 1.807) is 26.4 Å². The Morgan fingerprint density at radius 3 is 2.71 bits per heavy atom. The van der Waals surface area contributed by atoms with E-state index in [-0.39, 0.29) is 17.7 Å². The molecule has 1 atom stereocenters. The van der Waals surface area contributed by atoms with Gasteiger partial charge in [-0.25, -0.2) is 0 Å². The van der Waals surface area contributed by atoms with Crippen molar-refractivity contribution >= 4 is 16.9 Å². The number of methoxy groups -OCH3 is 2. The lowest BCUT2D eigenvalue weighted by Gasteiger charge is -2.37. The van der Waals surface area contributed by atoms with Gasteiger partial charge in [-0.1, -0.05) is 12.1 Å². The first-order chi connectivity index (χ1) is 13.4. The van der Waals surface area contributed by atoms with Crippen LogP contribution in [0.5, 0.6) is 17.2 Å². The number of carbonyl (C=O) groups excluding carboxylic acids is 1. The Balaban J connectivity index is 1.66. The van der Waals surface area contributed by atoms with Crippen molar-refractivity contribution in [3.8, 4) is 17.2 Å². The summed E-state index contributed by atoms with van der Waals surface area (Å²) in [6.07, 6.45) is 0.627. The average molecular weight is 381 g/mol. The van der Waals surface area contributed by atoms with Crippen LogP contribution >= 0.6 is 0 Å². The normalized spacial score (nSPS) is 17.5. The molecule has 2 heterocycles. The molecule has 0 saturated carbocycles. The molecule has 0 saturated heterocycles. The van der Waals surface area contributed by atoms with Crippen molar-refractivity contribution in [3.05, 3.63) is 53.8 Å². The zero-order valence-corrected chi connectivity index (χ0v) is 16.4. The lowest BCUT2D eigenvalue weighted by molar-refractivity contribution is 0.0610. The second kappa shape index (κ2) is 6.78. The number of nitrogens with one attached hydrogen (secondary N) is 1. The van der Waals surface area contributed by atoms with Gasteiger partial charge in [-0.05, 0) is 44.2 Å². The molecule has 0 bridgehead atoms. The molecule has 0 aliphatic carbocycles. The quantitative estimate of drug-likeness (QED) is 0.721. The SMILES string of the molecule is COc1ccc2c(c1)C(NC(=O)c1cc3cccc(OC)c3o1)CC(C)(C)O2. The molecule has 1 N–H and O–H groups in total. The lowest BCUT2D eigenvalue weighted by Crippen LogP contribution is -2.41. The number of ether oxygens (including phenoxy) is 3. The van der Waals surface area contributed by atoms with Crippen molar-refractivity contribution in [3.63, 3.8) is 0 Å². The van der Waals surface area contributed by atoms with Crippen molar-refractivity contribution < 1.29 is 23.4 Å². The van der Waals surface area contributed by atoms with Crippen LogP contribution in [0.25, 0.3) is 11.0 Å². The number of hydrogen-bond donors (Lipinski definition) is 1. The maximum atomic E-state index is 12.9. The summed E-state index contributed by atoms with van der Waals surface area (Å²) in [7, 11) is 3.19. The smallest absolute Gasteiger partial charge is 0.287 e. The minimum Gasteiger partial charge on any atom is -0.497 e. The lowest BCUT2D eigenvalue weighted by atomic mass is 9.89. The van der Waals surface area contributed by atoms with Crippen LogP contribution in [-0.4, -0.2) is 25.7 Å². The molecule has 146 valence electrons. The van der Waals surface area contributed by atoms with Crippen LogP contribution in [0.1, 0.15) is 42.4 Å². The highest BCUT2D eigenvalue weighted by molar-refractivity contribution is 5.97. The summed E-state index contributed by atoms with van der Waals surface area (Å²) >= 11 is 0. The van der Waals surface area contributed by atoms with E-state index in [4.69, 9.17) is 18.6 Å². The molecule has 1 aromatic heterocycles. The Morgan fingerprint density at radius 2 is 1.96 bits per heavy atom. The molecule has 1 unspecified atom stereocenters. The van der Waals surface area contributed by atoms with Crippen molar-refractivity contribution in [1.82, 2.24) is 5.32 Å². The summed E-state index contributed by atoms with van der Waals surface area (Å²) in [6.45, 7) is 4.01. The fourth-order valence-electron chi connectivity index (χ4n) is 3.63. The molecule has 1 amide bonds. The Kier molecular flexibility index (Phi) is 4.41. The van der Waals surface area contributed by atoms with E-state index in [2.05, 4.69) is 5.32 Å². The third-order valence-electron chi connectivity index (χ3n) is 4.93. The highest BCUT2D eigenvalue weighted by Crippen LogP contribution is 2.41. The summed E-state index contributed by atoms with van der Waals surface area (Å²) < 4.78 is 22.5. The van der Waals surface area contributed by atoms with Crippen molar-refractivity contribution in [2.24, 2.45) is 0 Å². The summed E-state index contributed by atoms with van der Waals surface area (Å²) in [5, 5.41) is 3.91. The highest BCUT2D eigenvalue weighted by Gasteiger charge is 2.35. The molecular formula is C22H23NO5. The third kappa shape index (κ3) is 3.26. The molecule has 0 radical (unpaired) electrons. The molecule has 2 aromatic carbocycles. The fraction of sp³-hybridized carbons (Fsp3) is 0.318. The fourth-order valence-corrected chi connectivity index (χ4v) is 3.63. The number of para-hydroxylation sites is 1. The Bertz CT molecular complexity index is 1040. The maximum absolute atomic E-state index is 12.9. The van der Waals surface area contributed by atoms with E-state index >= 15 is 0 Å². The first kappa shape index (κ1) is 18.2. The number of furan rings is 1. The second-order valence-corrected chi connectivity index (χ2v) is 7.48. The van der Waals surface area contributed by atoms with Crippen LogP contribution in [0.15, 0.2) is 46.9 Å². The minimum absolute atomic E-state index is 0.226. The van der Waals surface area contributed by atoms with Crippen LogP contribution in [0.4, 0.5) is 0 Å². The van der Waals surface area contributed by atoms with Gasteiger partial charge < -0.3 is 23.9 Å². The standard InChI is InChI=1S/C22H23NO5/c1-22(2)12-16(15-11-14(25-3)8-9-17(15)28-22)23-21(24)19-10-13-6-5-7-18(26-4)20(13)27-19/h5-11,16H,12H2,1-4H3,(H,23,24). The first-order valence-electron chi connectivity index (χ1n) is 9.14. The highest BCUT2D eigenvalue weighted by atomic mass is 16.5. The van der Waals surface area contributed by atoms with Gasteiger partial charge >= 0.3 is 0 Å². The van der Waals surface area contributed by atoms with Gasteiger partial charge in [-0.2, -0.15) is 0 Å². The molecule has 1 aliphatic rings. The molecule has 0 fully saturated rings. The molecule has 1 aliphatic heterocycles. The summed E-state index contributed by atoms with van der Waals surface area (Å²) in [6, 6.07) is 12.7. The van der Waals surface area contributed by atoms with Crippen molar-refractivity contribution in [2.45, 2.75) is 31.9 Å². The van der Waals surface area contributed by atoms with E-state index < -0.39 is 5.60 Å². The summed E-state index contributed by atoms with van der Waals surface area (Å²) in [5.41, 5.74) is 1.04. The van der Waals surface area contributed by atoms with E-state index in [9.17, 15) is 4.79 Å². The molecular weight excluding hydrogens is 358 g/mol. The van der Waals surface area contributed by atoms with Gasteiger partial charge in [0, 0.05) is 17.4 Å². The predicted molar refractivity (Wildman–Crippen MR) is 105 cm³/mol. The topological polar surface area (TPSA) is 69.9 Å². The van der Waals surface area contributed by atoms with Gasteiger partial charge in [0.05, 0.1) is 20.3 Å². The van der Waals surface area contributed by atoms with Crippen LogP contribution in [0.3, 0.4) is 0 Å². The van der Waals surface area contributed by atoms with E-state index in [1.165, 1.54) is 0 Å². The van der Waals surface area contributed by atoms with Crippen molar-refractivity contribution in [1.29, 1.82) is 0 Å². The van der Waals surface area contributed by atoms with Gasteiger partial charge in [-0.3, -0.25) is 4.79 Å². The predicted octanol–water partition coefficient (Wildman–Crippen LogP) is 4.48. The zero-order chi connectivity index (χ0) is 19.9. The zero-order valence-electron chi connectivity index (χ0n) is 16.4. The average Bonchev–Trinajstić information content (AvgIpc) is 3.11. The summed E-state index contributed by atoms with van der Waals surface area (Å²) in [4.78, 5) is 12.9. The minimum atomic E-state index is -0.406. The number of fused-ring (bicyclic) bond motifs is 2. The summed E-state index contributed by atoms with van der Waals surface area (Å²) in [5.74, 6) is 2.02. The van der Waals surface area contributed by atoms with Crippen LogP contribution < -0.4 is 19.5 Å². The Morgan fingerprint density at radius 1 is 1.14 bits per heavy atom. The maximum Gasteiger partial charge on any atom is 0.287 e. The molecule has 6 heteroatoms. The van der Waals surface area contributed by atoms with Crippen LogP contribution in [0, 0.1) is 0 Å². The molecule has 0 spiro atoms. The Hall–Kier alpha value is -3.15. The van der Waals surface area contributed by atoms with Crippen LogP contribution in [0.2, 0.25) is 0 Å². The number of benzene rings is 2. The largest absolute Gasteiger partial charge is 0.497 e. The molecule has 6 nitrogen and oxygen atoms in total. The van der Waals surface area contributed by atoms with E-state index in [0.29, 0.717) is 17.8 Å². The first-order valence-corrected chi connectivity index (χ1v) is 9.14. The van der Waals surface area contributed by atoms with Gasteiger partial charge in [0.25, 0.3) is 5.91 Å². The number of hydrogen-bond acceptors (Lipinski definition) is 5. The van der Waals surface area contributed by atoms with Gasteiger partial charge in [0.15, 0.2) is 17.1 Å².